The number of rotatable bonds is 11. The number of hydrogen-bond donors (Lipinski definition) is 1. The Bertz CT molecular complexity index is 2400. The van der Waals surface area contributed by atoms with E-state index in [9.17, 15) is 9.90 Å². The van der Waals surface area contributed by atoms with Gasteiger partial charge in [-0.15, -0.1) is 51.8 Å². The Morgan fingerprint density at radius 3 is 2.05 bits per heavy atom. The zero-order valence-electron chi connectivity index (χ0n) is 36.8. The molecule has 0 aliphatic heterocycles. The maximum absolute atomic E-state index is 12.2. The largest absolute Gasteiger partial charge is 0.512 e. The molecule has 6 aromatic rings. The number of pyridine rings is 1. The molecule has 0 saturated heterocycles. The minimum absolute atomic E-state index is 0. The molecule has 1 N–H and O–H groups in total. The normalized spacial score (nSPS) is 12.6. The second kappa shape index (κ2) is 18.4. The second-order valence-corrected chi connectivity index (χ2v) is 20.1. The van der Waals surface area contributed by atoms with Crippen LogP contribution in [0.3, 0.4) is 0 Å². The number of aryl methyl sites for hydroxylation is 3. The molecule has 307 valence electrons. The molecule has 0 spiro atoms. The zero-order valence-corrected chi connectivity index (χ0v) is 40.9. The molecule has 3 aromatic carbocycles. The Kier molecular flexibility index (Phi) is 15.0. The smallest absolute Gasteiger partial charge is 0.164 e. The number of aliphatic hydroxyl groups is 1. The van der Waals surface area contributed by atoms with E-state index in [1.807, 2.05) is 52.9 Å². The number of carbonyl (C=O) groups excluding carboxylic acids is 1. The predicted octanol–water partition coefficient (Wildman–Crippen LogP) is 15.9. The third-order valence-corrected chi connectivity index (χ3v) is 14.9. The van der Waals surface area contributed by atoms with Crippen LogP contribution in [0.5, 0.6) is 0 Å². The van der Waals surface area contributed by atoms with Gasteiger partial charge in [-0.3, -0.25) is 9.78 Å². The molecule has 0 saturated carbocycles. The Balaban J connectivity index is 0.000000341. The number of carbonyl (C=O) groups is 1. The summed E-state index contributed by atoms with van der Waals surface area (Å²) in [5.74, 6) is 0.944. The Labute approximate surface area is 364 Å². The van der Waals surface area contributed by atoms with E-state index >= 15 is 0 Å². The van der Waals surface area contributed by atoms with Crippen LogP contribution in [0.25, 0.3) is 53.5 Å². The first-order valence-electron chi connectivity index (χ1n) is 20.6. The zero-order chi connectivity index (χ0) is 41.3. The van der Waals surface area contributed by atoms with E-state index in [1.54, 1.807) is 11.3 Å². The van der Waals surface area contributed by atoms with Crippen molar-refractivity contribution in [3.05, 3.63) is 98.9 Å². The van der Waals surface area contributed by atoms with Crippen molar-refractivity contribution in [2.45, 2.75) is 134 Å². The molecular formula is C51H64IrNO2S2-. The van der Waals surface area contributed by atoms with Crippen LogP contribution in [0.2, 0.25) is 0 Å². The fourth-order valence-electron chi connectivity index (χ4n) is 7.40. The van der Waals surface area contributed by atoms with Crippen molar-refractivity contribution in [1.29, 1.82) is 0 Å². The fourth-order valence-corrected chi connectivity index (χ4v) is 9.86. The average Bonchev–Trinajstić information content (AvgIpc) is 3.64. The molecule has 0 bridgehead atoms. The number of aromatic nitrogens is 1. The number of ketones is 1. The Hall–Kier alpha value is -3.15. The maximum Gasteiger partial charge on any atom is 0.164 e. The van der Waals surface area contributed by atoms with Gasteiger partial charge in [-0.1, -0.05) is 117 Å². The summed E-state index contributed by atoms with van der Waals surface area (Å²) in [5.41, 5.74) is 8.13. The third-order valence-electron chi connectivity index (χ3n) is 12.5. The summed E-state index contributed by atoms with van der Waals surface area (Å²) in [7, 11) is 0. The molecule has 0 aliphatic rings. The van der Waals surface area contributed by atoms with Gasteiger partial charge in [-0.25, -0.2) is 0 Å². The summed E-state index contributed by atoms with van der Waals surface area (Å²) in [5, 5.41) is 15.2. The topological polar surface area (TPSA) is 50.2 Å². The van der Waals surface area contributed by atoms with E-state index in [-0.39, 0.29) is 47.9 Å². The van der Waals surface area contributed by atoms with E-state index in [0.717, 1.165) is 53.6 Å². The van der Waals surface area contributed by atoms with Crippen LogP contribution in [-0.2, 0) is 36.7 Å². The van der Waals surface area contributed by atoms with Crippen molar-refractivity contribution >= 4 is 59.5 Å². The fraction of sp³-hybridized carbons (Fsp3) is 0.451. The van der Waals surface area contributed by atoms with E-state index in [0.29, 0.717) is 5.92 Å². The summed E-state index contributed by atoms with van der Waals surface area (Å²) >= 11 is 3.76. The minimum atomic E-state index is -0.337. The summed E-state index contributed by atoms with van der Waals surface area (Å²) in [6, 6.07) is 24.0. The van der Waals surface area contributed by atoms with Crippen LogP contribution in [0, 0.1) is 43.6 Å². The maximum atomic E-state index is 12.2. The molecule has 3 heterocycles. The van der Waals surface area contributed by atoms with E-state index < -0.39 is 0 Å². The molecule has 0 amide bonds. The van der Waals surface area contributed by atoms with Crippen molar-refractivity contribution in [2.24, 2.45) is 16.7 Å². The van der Waals surface area contributed by atoms with Gasteiger partial charge in [0.05, 0.1) is 0 Å². The molecule has 3 aromatic heterocycles. The van der Waals surface area contributed by atoms with Gasteiger partial charge in [0.15, 0.2) is 5.78 Å². The molecular weight excluding hydrogens is 915 g/mol. The molecule has 0 unspecified atom stereocenters. The standard InChI is InChI=1S/C36H36NS2.C15H28O2.Ir/c1-20(2)15-33-22(4)28-17-25(13-14-32(28)39-33)29-19-31(37-35-34(29)21(3)23(5)38-35)26-16-24-11-9-10-12-27(24)30(18-26)36(6,7)8;1-7-14(5,8-2)12(16)11-13(17)15(6,9-3)10-4;/h9-14,17-20H,15H2,1-8H3;11,16H,7-10H2,1-6H3;/q-1;;/b;12-11-;. The first-order chi connectivity index (χ1) is 26.3. The Morgan fingerprint density at radius 2 is 1.46 bits per heavy atom. The first kappa shape index (κ1) is 46.5. The Morgan fingerprint density at radius 1 is 0.825 bits per heavy atom. The minimum Gasteiger partial charge on any atom is -0.512 e. The van der Waals surface area contributed by atoms with Gasteiger partial charge in [0, 0.05) is 62.5 Å². The van der Waals surface area contributed by atoms with Gasteiger partial charge >= 0.3 is 0 Å². The third kappa shape index (κ3) is 9.67. The van der Waals surface area contributed by atoms with Crippen LogP contribution in [0.1, 0.15) is 128 Å². The van der Waals surface area contributed by atoms with Crippen LogP contribution in [-0.4, -0.2) is 15.9 Å². The van der Waals surface area contributed by atoms with Gasteiger partial charge in [-0.2, -0.15) is 0 Å². The summed E-state index contributed by atoms with van der Waals surface area (Å²) in [6.45, 7) is 30.3. The predicted molar refractivity (Wildman–Crippen MR) is 247 cm³/mol. The molecule has 0 atom stereocenters. The number of benzene rings is 3. The average molecular weight is 979 g/mol. The SMILES string of the molecule is CCC(C)(CC)C(=O)/C=C(\O)C(C)(CC)CC.Cc1sc2nc(-c3[c-]c4ccccc4c(C(C)(C)C)c3)cc(-c3ccc4sc(CC(C)C)c(C)c4c3)c2c1C.[Ir]. The molecule has 3 nitrogen and oxygen atoms in total. The van der Waals surface area contributed by atoms with Crippen molar-refractivity contribution < 1.29 is 30.0 Å². The van der Waals surface area contributed by atoms with Crippen LogP contribution in [0.4, 0.5) is 0 Å². The van der Waals surface area contributed by atoms with Crippen LogP contribution in [0.15, 0.2) is 66.4 Å². The molecule has 6 heteroatoms. The molecule has 0 fully saturated rings. The van der Waals surface area contributed by atoms with Gasteiger partial charge in [0.2, 0.25) is 0 Å². The monoisotopic (exact) mass is 979 g/mol. The van der Waals surface area contributed by atoms with E-state index in [1.165, 1.54) is 64.5 Å². The number of aliphatic hydroxyl groups excluding tert-OH is 1. The van der Waals surface area contributed by atoms with Crippen LogP contribution >= 0.6 is 22.7 Å². The van der Waals surface area contributed by atoms with Crippen molar-refractivity contribution in [1.82, 2.24) is 4.98 Å². The second-order valence-electron chi connectivity index (χ2n) is 17.8. The van der Waals surface area contributed by atoms with Gasteiger partial charge in [0.25, 0.3) is 0 Å². The van der Waals surface area contributed by atoms with Gasteiger partial charge in [0.1, 0.15) is 10.6 Å². The number of nitrogens with zero attached hydrogens (tertiary/aromatic N) is 1. The summed E-state index contributed by atoms with van der Waals surface area (Å²) in [6.07, 6.45) is 5.89. The summed E-state index contributed by atoms with van der Waals surface area (Å²) in [4.78, 5) is 21.4. The quantitative estimate of drug-likeness (QED) is 0.0799. The number of fused-ring (bicyclic) bond motifs is 3. The molecule has 0 aliphatic carbocycles. The van der Waals surface area contributed by atoms with Crippen LogP contribution < -0.4 is 0 Å². The van der Waals surface area contributed by atoms with Crippen molar-refractivity contribution in [2.75, 3.05) is 0 Å². The van der Waals surface area contributed by atoms with Gasteiger partial charge < -0.3 is 5.11 Å². The number of allylic oxidation sites excluding steroid dienone is 2. The van der Waals surface area contributed by atoms with Crippen molar-refractivity contribution in [3.63, 3.8) is 0 Å². The molecule has 6 rings (SSSR count). The van der Waals surface area contributed by atoms with Gasteiger partial charge in [-0.05, 0) is 104 Å². The first-order valence-corrected chi connectivity index (χ1v) is 22.3. The van der Waals surface area contributed by atoms with E-state index in [2.05, 4.69) is 116 Å². The number of thiophene rings is 2. The number of hydrogen-bond acceptors (Lipinski definition) is 5. The molecule has 1 radical (unpaired) electrons. The van der Waals surface area contributed by atoms with E-state index in [4.69, 9.17) is 4.98 Å². The van der Waals surface area contributed by atoms with Crippen molar-refractivity contribution in [3.8, 4) is 22.4 Å². The summed E-state index contributed by atoms with van der Waals surface area (Å²) < 4.78 is 1.38. The molecule has 57 heavy (non-hydrogen) atoms.